The van der Waals surface area contributed by atoms with Crippen LogP contribution in [0.3, 0.4) is 0 Å². The third-order valence-corrected chi connectivity index (χ3v) is 3.37. The van der Waals surface area contributed by atoms with Gasteiger partial charge in [0.1, 0.15) is 11.6 Å². The van der Waals surface area contributed by atoms with E-state index in [2.05, 4.69) is 21.2 Å². The second-order valence-corrected chi connectivity index (χ2v) is 5.81. The highest BCUT2D eigenvalue weighted by molar-refractivity contribution is 9.10. The van der Waals surface area contributed by atoms with Gasteiger partial charge in [0.05, 0.1) is 11.3 Å². The molecular weight excluding hydrogens is 304 g/mol. The van der Waals surface area contributed by atoms with E-state index in [1.807, 2.05) is 20.8 Å². The van der Waals surface area contributed by atoms with Crippen LogP contribution in [0.5, 0.6) is 0 Å². The molecular formula is C13H18BrF2NO. The second-order valence-electron chi connectivity index (χ2n) is 4.96. The molecule has 0 aliphatic heterocycles. The maximum atomic E-state index is 13.6. The lowest BCUT2D eigenvalue weighted by atomic mass is 9.99. The van der Waals surface area contributed by atoms with Gasteiger partial charge in [-0.05, 0) is 49.2 Å². The molecule has 0 spiro atoms. The molecule has 0 fully saturated rings. The Kier molecular flexibility index (Phi) is 5.10. The van der Waals surface area contributed by atoms with Crippen molar-refractivity contribution in [3.05, 3.63) is 28.2 Å². The van der Waals surface area contributed by atoms with E-state index >= 15 is 0 Å². The molecule has 2 nitrogen and oxygen atoms in total. The highest BCUT2D eigenvalue weighted by Crippen LogP contribution is 2.28. The van der Waals surface area contributed by atoms with E-state index in [1.54, 1.807) is 7.11 Å². The molecule has 0 bridgehead atoms. The van der Waals surface area contributed by atoms with Crippen molar-refractivity contribution >= 4 is 21.6 Å². The SMILES string of the molecule is COC(C)(C)CC(C)Nc1c(F)cc(F)cc1Br. The minimum Gasteiger partial charge on any atom is -0.379 e. The number of rotatable bonds is 5. The van der Waals surface area contributed by atoms with Crippen LogP contribution in [0.4, 0.5) is 14.5 Å². The van der Waals surface area contributed by atoms with Gasteiger partial charge in [-0.3, -0.25) is 0 Å². The number of halogens is 3. The van der Waals surface area contributed by atoms with Gasteiger partial charge in [-0.2, -0.15) is 0 Å². The van der Waals surface area contributed by atoms with Gasteiger partial charge in [0.25, 0.3) is 0 Å². The summed E-state index contributed by atoms with van der Waals surface area (Å²) in [5, 5.41) is 3.03. The predicted molar refractivity (Wildman–Crippen MR) is 72.8 cm³/mol. The number of hydrogen-bond acceptors (Lipinski definition) is 2. The Bertz CT molecular complexity index is 400. The van der Waals surface area contributed by atoms with Crippen LogP contribution in [0.25, 0.3) is 0 Å². The molecule has 0 saturated carbocycles. The Labute approximate surface area is 115 Å². The summed E-state index contributed by atoms with van der Waals surface area (Å²) < 4.78 is 32.3. The Balaban J connectivity index is 2.79. The van der Waals surface area contributed by atoms with Gasteiger partial charge in [-0.25, -0.2) is 8.78 Å². The standard InChI is InChI=1S/C13H18BrF2NO/c1-8(7-13(2,3)18-4)17-12-10(14)5-9(15)6-11(12)16/h5-6,8,17H,7H2,1-4H3. The monoisotopic (exact) mass is 321 g/mol. The molecule has 0 amide bonds. The molecule has 102 valence electrons. The maximum Gasteiger partial charge on any atom is 0.150 e. The highest BCUT2D eigenvalue weighted by atomic mass is 79.9. The summed E-state index contributed by atoms with van der Waals surface area (Å²) in [6.45, 7) is 5.85. The van der Waals surface area contributed by atoms with Crippen LogP contribution >= 0.6 is 15.9 Å². The zero-order valence-electron chi connectivity index (χ0n) is 11.0. The molecule has 0 aliphatic carbocycles. The topological polar surface area (TPSA) is 21.3 Å². The lowest BCUT2D eigenvalue weighted by molar-refractivity contribution is 0.0127. The van der Waals surface area contributed by atoms with E-state index in [-0.39, 0.29) is 17.3 Å². The molecule has 5 heteroatoms. The summed E-state index contributed by atoms with van der Waals surface area (Å²) in [5.41, 5.74) is -0.0223. The fourth-order valence-electron chi connectivity index (χ4n) is 1.80. The van der Waals surface area contributed by atoms with Crippen LogP contribution in [0.2, 0.25) is 0 Å². The van der Waals surface area contributed by atoms with Crippen LogP contribution < -0.4 is 5.32 Å². The zero-order chi connectivity index (χ0) is 13.9. The minimum atomic E-state index is -0.607. The molecule has 1 unspecified atom stereocenters. The largest absolute Gasteiger partial charge is 0.379 e. The Morgan fingerprint density at radius 1 is 1.39 bits per heavy atom. The molecule has 1 aromatic rings. The quantitative estimate of drug-likeness (QED) is 0.870. The third-order valence-electron chi connectivity index (χ3n) is 2.75. The maximum absolute atomic E-state index is 13.6. The van der Waals surface area contributed by atoms with Crippen LogP contribution in [-0.4, -0.2) is 18.8 Å². The number of anilines is 1. The van der Waals surface area contributed by atoms with Crippen molar-refractivity contribution in [1.82, 2.24) is 0 Å². The first-order valence-electron chi connectivity index (χ1n) is 5.71. The predicted octanol–water partition coefficient (Wildman–Crippen LogP) is 4.34. The molecule has 0 aromatic heterocycles. The zero-order valence-corrected chi connectivity index (χ0v) is 12.6. The summed E-state index contributed by atoms with van der Waals surface area (Å²) in [6.07, 6.45) is 0.701. The van der Waals surface area contributed by atoms with Crippen LogP contribution in [0.15, 0.2) is 16.6 Å². The molecule has 0 heterocycles. The van der Waals surface area contributed by atoms with Crippen molar-refractivity contribution in [1.29, 1.82) is 0 Å². The van der Waals surface area contributed by atoms with Crippen molar-refractivity contribution in [3.8, 4) is 0 Å². The first-order chi connectivity index (χ1) is 8.25. The van der Waals surface area contributed by atoms with Crippen LogP contribution in [0.1, 0.15) is 27.2 Å². The van der Waals surface area contributed by atoms with Crippen molar-refractivity contribution in [2.75, 3.05) is 12.4 Å². The fourth-order valence-corrected chi connectivity index (χ4v) is 2.32. The highest BCUT2D eigenvalue weighted by Gasteiger charge is 2.21. The Morgan fingerprint density at radius 3 is 2.50 bits per heavy atom. The molecule has 1 aromatic carbocycles. The third kappa shape index (κ3) is 4.21. The van der Waals surface area contributed by atoms with E-state index in [4.69, 9.17) is 4.74 Å². The van der Waals surface area contributed by atoms with E-state index in [0.717, 1.165) is 6.07 Å². The summed E-state index contributed by atoms with van der Waals surface area (Å²) >= 11 is 3.15. The van der Waals surface area contributed by atoms with E-state index in [9.17, 15) is 8.78 Å². The van der Waals surface area contributed by atoms with Crippen molar-refractivity contribution < 1.29 is 13.5 Å². The van der Waals surface area contributed by atoms with E-state index in [1.165, 1.54) is 6.07 Å². The fraction of sp³-hybridized carbons (Fsp3) is 0.538. The smallest absolute Gasteiger partial charge is 0.150 e. The molecule has 0 radical (unpaired) electrons. The average Bonchev–Trinajstić information content (AvgIpc) is 2.22. The van der Waals surface area contributed by atoms with Crippen LogP contribution in [0, 0.1) is 11.6 Å². The van der Waals surface area contributed by atoms with Gasteiger partial charge in [-0.15, -0.1) is 0 Å². The minimum absolute atomic E-state index is 0.00351. The molecule has 0 saturated heterocycles. The summed E-state index contributed by atoms with van der Waals surface area (Å²) in [7, 11) is 1.64. The van der Waals surface area contributed by atoms with Gasteiger partial charge in [0.15, 0.2) is 0 Å². The van der Waals surface area contributed by atoms with E-state index < -0.39 is 11.6 Å². The van der Waals surface area contributed by atoms with Gasteiger partial charge >= 0.3 is 0 Å². The van der Waals surface area contributed by atoms with Gasteiger partial charge < -0.3 is 10.1 Å². The second kappa shape index (κ2) is 5.97. The molecule has 18 heavy (non-hydrogen) atoms. The Morgan fingerprint density at radius 2 is 2.00 bits per heavy atom. The van der Waals surface area contributed by atoms with Crippen molar-refractivity contribution in [2.45, 2.75) is 38.8 Å². The van der Waals surface area contributed by atoms with Crippen molar-refractivity contribution in [3.63, 3.8) is 0 Å². The van der Waals surface area contributed by atoms with Gasteiger partial charge in [-0.1, -0.05) is 0 Å². The summed E-state index contributed by atoms with van der Waals surface area (Å²) in [5.74, 6) is -1.21. The summed E-state index contributed by atoms with van der Waals surface area (Å²) in [4.78, 5) is 0. The molecule has 1 rings (SSSR count). The van der Waals surface area contributed by atoms with Crippen molar-refractivity contribution in [2.24, 2.45) is 0 Å². The normalized spacial score (nSPS) is 13.5. The molecule has 1 atom stereocenters. The number of nitrogens with one attached hydrogen (secondary N) is 1. The lowest BCUT2D eigenvalue weighted by Gasteiger charge is -2.28. The average molecular weight is 322 g/mol. The number of ether oxygens (including phenoxy) is 1. The number of benzene rings is 1. The van der Waals surface area contributed by atoms with Gasteiger partial charge in [0, 0.05) is 23.7 Å². The van der Waals surface area contributed by atoms with E-state index in [0.29, 0.717) is 10.9 Å². The first-order valence-corrected chi connectivity index (χ1v) is 6.50. The molecule has 0 aliphatic rings. The van der Waals surface area contributed by atoms with Gasteiger partial charge in [0.2, 0.25) is 0 Å². The molecule has 1 N–H and O–H groups in total. The first kappa shape index (κ1) is 15.4. The summed E-state index contributed by atoms with van der Waals surface area (Å²) in [6, 6.07) is 2.09. The van der Waals surface area contributed by atoms with Crippen LogP contribution in [-0.2, 0) is 4.74 Å². The number of hydrogen-bond donors (Lipinski definition) is 1. The number of methoxy groups -OCH3 is 1. The Hall–Kier alpha value is -0.680. The lowest BCUT2D eigenvalue weighted by Crippen LogP contribution is -2.31.